The molecule has 3 aliphatic carbocycles. The van der Waals surface area contributed by atoms with Crippen molar-refractivity contribution in [2.24, 2.45) is 28.6 Å². The molecule has 0 spiro atoms. The molecule has 5 nitrogen and oxygen atoms in total. The van der Waals surface area contributed by atoms with E-state index in [1.165, 1.54) is 0 Å². The zero-order valence-corrected chi connectivity index (χ0v) is 17.8. The fourth-order valence-corrected chi connectivity index (χ4v) is 6.57. The number of ether oxygens (including phenoxy) is 1. The minimum atomic E-state index is -0.589. The average Bonchev–Trinajstić information content (AvgIpc) is 2.87. The van der Waals surface area contributed by atoms with Crippen LogP contribution in [0.1, 0.15) is 73.1 Å². The van der Waals surface area contributed by atoms with E-state index < -0.39 is 5.60 Å². The van der Waals surface area contributed by atoms with Crippen LogP contribution in [0.4, 0.5) is 4.79 Å². The first kappa shape index (κ1) is 19.7. The van der Waals surface area contributed by atoms with Crippen LogP contribution in [0.25, 0.3) is 0 Å². The standard InChI is InChI=1S/C23H33NO4/c1-21(2,3)28-20(27)24-13-16-17(23(5)9-6-14(25)11-19(23)24)7-8-22(4)12-15(26)10-18(16)22/h11,16-18H,6-10,12-13H2,1-5H3/t16-,17+,18+,22-,23-/m1/s1. The van der Waals surface area contributed by atoms with Gasteiger partial charge >= 0.3 is 6.09 Å². The SMILES string of the molecule is CC(C)(C)OC(=O)N1C[C@H]2[C@@H]3CC(=O)C[C@@]3(C)CC[C@@H]2[C@@]2(C)CCC(=O)C=C12. The number of carbonyl (C=O) groups is 3. The predicted octanol–water partition coefficient (Wildman–Crippen LogP) is 4.50. The van der Waals surface area contributed by atoms with Crippen molar-refractivity contribution in [3.8, 4) is 0 Å². The summed E-state index contributed by atoms with van der Waals surface area (Å²) in [7, 11) is 0. The van der Waals surface area contributed by atoms with E-state index in [2.05, 4.69) is 13.8 Å². The van der Waals surface area contributed by atoms with Gasteiger partial charge in [-0.05, 0) is 63.2 Å². The highest BCUT2D eigenvalue weighted by Gasteiger charge is 2.60. The molecule has 28 heavy (non-hydrogen) atoms. The normalized spacial score (nSPS) is 40.4. The summed E-state index contributed by atoms with van der Waals surface area (Å²) in [5.74, 6) is 1.47. The second kappa shape index (κ2) is 6.17. The quantitative estimate of drug-likeness (QED) is 0.614. The maximum absolute atomic E-state index is 13.1. The van der Waals surface area contributed by atoms with E-state index in [1.807, 2.05) is 20.8 Å². The summed E-state index contributed by atoms with van der Waals surface area (Å²) in [6.45, 7) is 10.6. The molecular weight excluding hydrogens is 354 g/mol. The van der Waals surface area contributed by atoms with Gasteiger partial charge in [-0.2, -0.15) is 0 Å². The lowest BCUT2D eigenvalue weighted by atomic mass is 9.50. The average molecular weight is 388 g/mol. The van der Waals surface area contributed by atoms with Crippen LogP contribution >= 0.6 is 0 Å². The van der Waals surface area contributed by atoms with E-state index in [4.69, 9.17) is 4.74 Å². The summed E-state index contributed by atoms with van der Waals surface area (Å²) in [5, 5.41) is 0. The molecule has 1 amide bonds. The molecule has 5 atom stereocenters. The summed E-state index contributed by atoms with van der Waals surface area (Å²) in [6, 6.07) is 0. The van der Waals surface area contributed by atoms with Gasteiger partial charge in [-0.1, -0.05) is 13.8 Å². The van der Waals surface area contributed by atoms with Gasteiger partial charge in [0.15, 0.2) is 5.78 Å². The topological polar surface area (TPSA) is 63.7 Å². The van der Waals surface area contributed by atoms with Crippen molar-refractivity contribution in [3.63, 3.8) is 0 Å². The minimum Gasteiger partial charge on any atom is -0.443 e. The van der Waals surface area contributed by atoms with Crippen LogP contribution in [-0.2, 0) is 14.3 Å². The van der Waals surface area contributed by atoms with Gasteiger partial charge in [-0.3, -0.25) is 14.5 Å². The number of likely N-dealkylation sites (tertiary alicyclic amines) is 1. The molecule has 0 N–H and O–H groups in total. The molecule has 5 heteroatoms. The number of hydrogen-bond donors (Lipinski definition) is 0. The smallest absolute Gasteiger partial charge is 0.414 e. The summed E-state index contributed by atoms with van der Waals surface area (Å²) < 4.78 is 5.71. The Morgan fingerprint density at radius 3 is 2.57 bits per heavy atom. The molecule has 1 aliphatic heterocycles. The number of nitrogens with zero attached hydrogens (tertiary/aromatic N) is 1. The van der Waals surface area contributed by atoms with Gasteiger partial charge in [0.05, 0.1) is 0 Å². The number of fused-ring (bicyclic) bond motifs is 5. The lowest BCUT2D eigenvalue weighted by Gasteiger charge is -2.59. The Kier molecular flexibility index (Phi) is 4.33. The van der Waals surface area contributed by atoms with Gasteiger partial charge in [0, 0.05) is 43.0 Å². The van der Waals surface area contributed by atoms with Crippen molar-refractivity contribution < 1.29 is 19.1 Å². The molecule has 0 aromatic rings. The molecule has 0 bridgehead atoms. The third-order valence-electron chi connectivity index (χ3n) is 7.89. The highest BCUT2D eigenvalue weighted by molar-refractivity contribution is 5.92. The third-order valence-corrected chi connectivity index (χ3v) is 7.89. The van der Waals surface area contributed by atoms with Gasteiger partial charge in [-0.25, -0.2) is 4.79 Å². The number of hydrogen-bond acceptors (Lipinski definition) is 4. The third kappa shape index (κ3) is 3.02. The first-order valence-electron chi connectivity index (χ1n) is 10.7. The molecule has 3 fully saturated rings. The summed E-state index contributed by atoms with van der Waals surface area (Å²) in [6.07, 6.45) is 6.07. The Morgan fingerprint density at radius 1 is 1.18 bits per heavy atom. The zero-order chi connectivity index (χ0) is 20.5. The molecule has 0 unspecified atom stereocenters. The first-order chi connectivity index (χ1) is 12.9. The number of ketones is 2. The fourth-order valence-electron chi connectivity index (χ4n) is 6.57. The van der Waals surface area contributed by atoms with E-state index in [0.29, 0.717) is 43.4 Å². The zero-order valence-electron chi connectivity index (χ0n) is 17.8. The number of rotatable bonds is 0. The number of Topliss-reactive ketones (excluding diaryl/α,β-unsaturated/α-hetero) is 1. The van der Waals surface area contributed by atoms with E-state index in [1.54, 1.807) is 11.0 Å². The second-order valence-corrected chi connectivity index (χ2v) is 11.0. The second-order valence-electron chi connectivity index (χ2n) is 11.0. The van der Waals surface area contributed by atoms with Crippen LogP contribution in [-0.4, -0.2) is 34.7 Å². The Hall–Kier alpha value is -1.65. The molecule has 4 rings (SSSR count). The molecule has 1 saturated heterocycles. The summed E-state index contributed by atoms with van der Waals surface area (Å²) in [4.78, 5) is 39.4. The van der Waals surface area contributed by atoms with Crippen LogP contribution < -0.4 is 0 Å². The maximum Gasteiger partial charge on any atom is 0.414 e. The molecule has 0 aromatic carbocycles. The van der Waals surface area contributed by atoms with Crippen molar-refractivity contribution in [1.29, 1.82) is 0 Å². The van der Waals surface area contributed by atoms with Crippen LogP contribution in [0.5, 0.6) is 0 Å². The van der Waals surface area contributed by atoms with Crippen LogP contribution in [0.15, 0.2) is 11.8 Å². The van der Waals surface area contributed by atoms with Crippen LogP contribution in [0.3, 0.4) is 0 Å². The Balaban J connectivity index is 1.74. The van der Waals surface area contributed by atoms with E-state index in [9.17, 15) is 14.4 Å². The molecule has 4 aliphatic rings. The van der Waals surface area contributed by atoms with Gasteiger partial charge in [0.2, 0.25) is 0 Å². The van der Waals surface area contributed by atoms with Crippen molar-refractivity contribution in [1.82, 2.24) is 4.90 Å². The van der Waals surface area contributed by atoms with Gasteiger partial charge in [0.25, 0.3) is 0 Å². The van der Waals surface area contributed by atoms with E-state index in [-0.39, 0.29) is 28.6 Å². The van der Waals surface area contributed by atoms with Crippen LogP contribution in [0.2, 0.25) is 0 Å². The van der Waals surface area contributed by atoms with Gasteiger partial charge < -0.3 is 4.74 Å². The highest BCUT2D eigenvalue weighted by Crippen LogP contribution is 2.63. The van der Waals surface area contributed by atoms with Gasteiger partial charge in [0.1, 0.15) is 11.4 Å². The fraction of sp³-hybridized carbons (Fsp3) is 0.783. The Morgan fingerprint density at radius 2 is 1.89 bits per heavy atom. The van der Waals surface area contributed by atoms with Crippen molar-refractivity contribution >= 4 is 17.7 Å². The van der Waals surface area contributed by atoms with E-state index >= 15 is 0 Å². The predicted molar refractivity (Wildman–Crippen MR) is 105 cm³/mol. The monoisotopic (exact) mass is 387 g/mol. The molecular formula is C23H33NO4. The number of allylic oxidation sites excluding steroid dienone is 2. The first-order valence-corrected chi connectivity index (χ1v) is 10.7. The van der Waals surface area contributed by atoms with Crippen LogP contribution in [0, 0.1) is 28.6 Å². The largest absolute Gasteiger partial charge is 0.443 e. The number of carbonyl (C=O) groups excluding carboxylic acids is 3. The highest BCUT2D eigenvalue weighted by atomic mass is 16.6. The number of amides is 1. The molecule has 0 radical (unpaired) electrons. The Labute approximate surface area is 167 Å². The molecule has 1 heterocycles. The molecule has 2 saturated carbocycles. The maximum atomic E-state index is 13.1. The van der Waals surface area contributed by atoms with Crippen molar-refractivity contribution in [2.75, 3.05) is 6.54 Å². The lowest BCUT2D eigenvalue weighted by molar-refractivity contribution is -0.119. The summed E-state index contributed by atoms with van der Waals surface area (Å²) in [5.41, 5.74) is 0.0985. The van der Waals surface area contributed by atoms with Crippen molar-refractivity contribution in [3.05, 3.63) is 11.8 Å². The van der Waals surface area contributed by atoms with Crippen molar-refractivity contribution in [2.45, 2.75) is 78.7 Å². The molecule has 154 valence electrons. The molecule has 0 aromatic heterocycles. The Bertz CT molecular complexity index is 763. The number of piperidine rings is 1. The van der Waals surface area contributed by atoms with Gasteiger partial charge in [-0.15, -0.1) is 0 Å². The lowest BCUT2D eigenvalue weighted by Crippen LogP contribution is -2.58. The minimum absolute atomic E-state index is 0.0555. The summed E-state index contributed by atoms with van der Waals surface area (Å²) >= 11 is 0. The van der Waals surface area contributed by atoms with E-state index in [0.717, 1.165) is 25.0 Å².